The van der Waals surface area contributed by atoms with Crippen molar-refractivity contribution in [2.45, 2.75) is 43.3 Å². The van der Waals surface area contributed by atoms with Gasteiger partial charge in [0, 0.05) is 21.4 Å². The molecule has 3 aromatic rings. The van der Waals surface area contributed by atoms with Crippen molar-refractivity contribution in [1.29, 1.82) is 5.26 Å². The molecule has 1 aliphatic rings. The smallest absolute Gasteiger partial charge is 0.341 e. The number of fused-ring (bicyclic) bond motifs is 1. The fraction of sp³-hybridized carbons (Fsp3) is 0.269. The molecule has 6 nitrogen and oxygen atoms in total. The number of hydrogen-bond acceptors (Lipinski definition) is 7. The summed E-state index contributed by atoms with van der Waals surface area (Å²) < 4.78 is 36.0. The van der Waals surface area contributed by atoms with Gasteiger partial charge >= 0.3 is 5.97 Å². The number of thioether (sulfide) groups is 1. The summed E-state index contributed by atoms with van der Waals surface area (Å²) in [6, 6.07) is 11.6. The first kappa shape index (κ1) is 25.7. The zero-order valence-corrected chi connectivity index (χ0v) is 20.9. The number of aryl methyl sites for hydroxylation is 1. The number of nitriles is 1. The molecule has 1 aromatic carbocycles. The van der Waals surface area contributed by atoms with E-state index in [0.29, 0.717) is 38.5 Å². The van der Waals surface area contributed by atoms with E-state index in [0.717, 1.165) is 36.1 Å². The van der Waals surface area contributed by atoms with Crippen LogP contribution in [-0.2, 0) is 22.4 Å². The summed E-state index contributed by atoms with van der Waals surface area (Å²) in [4.78, 5) is 27.0. The third-order valence-electron chi connectivity index (χ3n) is 5.52. The summed E-state index contributed by atoms with van der Waals surface area (Å²) >= 11 is 1.80. The Bertz CT molecular complexity index is 1340. The zero-order chi connectivity index (χ0) is 25.7. The number of carbonyl (C=O) groups excluding carboxylic acids is 2. The maximum absolute atomic E-state index is 12.9. The molecule has 0 aliphatic heterocycles. The van der Waals surface area contributed by atoms with Crippen LogP contribution >= 0.6 is 23.1 Å². The van der Waals surface area contributed by atoms with Crippen molar-refractivity contribution in [2.75, 3.05) is 11.9 Å². The molecule has 0 atom stereocenters. The van der Waals surface area contributed by atoms with E-state index in [1.165, 1.54) is 17.4 Å². The molecule has 10 heteroatoms. The molecule has 4 rings (SSSR count). The largest absolute Gasteiger partial charge is 0.462 e. The Morgan fingerprint density at radius 3 is 2.67 bits per heavy atom. The number of thiophene rings is 1. The number of carbonyl (C=O) groups is 2. The molecule has 1 N–H and O–H groups in total. The van der Waals surface area contributed by atoms with E-state index in [2.05, 4.69) is 5.32 Å². The monoisotopic (exact) mass is 528 g/mol. The van der Waals surface area contributed by atoms with Crippen molar-refractivity contribution in [3.63, 3.8) is 0 Å². The third-order valence-corrected chi connectivity index (χ3v) is 7.45. The number of nitrogens with zero attached hydrogens (tertiary/aromatic N) is 1. The van der Waals surface area contributed by atoms with Crippen LogP contribution in [0.5, 0.6) is 0 Å². The van der Waals surface area contributed by atoms with E-state index < -0.39 is 17.6 Å². The first-order chi connectivity index (χ1) is 17.4. The number of benzene rings is 1. The molecule has 0 radical (unpaired) electrons. The Hall–Kier alpha value is -3.42. The van der Waals surface area contributed by atoms with Crippen LogP contribution in [0.4, 0.5) is 13.8 Å². The second kappa shape index (κ2) is 11.5. The summed E-state index contributed by atoms with van der Waals surface area (Å²) in [5.74, 6) is -2.90. The van der Waals surface area contributed by atoms with Crippen molar-refractivity contribution in [3.8, 4) is 17.4 Å². The minimum absolute atomic E-state index is 0.194. The van der Waals surface area contributed by atoms with Crippen LogP contribution in [0.1, 0.15) is 46.3 Å². The normalized spacial score (nSPS) is 13.2. The molecule has 1 aliphatic carbocycles. The average Bonchev–Trinajstić information content (AvgIpc) is 3.47. The molecule has 36 heavy (non-hydrogen) atoms. The molecule has 186 valence electrons. The van der Waals surface area contributed by atoms with Gasteiger partial charge in [-0.2, -0.15) is 14.0 Å². The van der Waals surface area contributed by atoms with Gasteiger partial charge in [0.1, 0.15) is 28.2 Å². The first-order valence-corrected chi connectivity index (χ1v) is 13.0. The van der Waals surface area contributed by atoms with Crippen molar-refractivity contribution < 1.29 is 27.5 Å². The van der Waals surface area contributed by atoms with Crippen LogP contribution in [0.15, 0.2) is 51.3 Å². The summed E-state index contributed by atoms with van der Waals surface area (Å²) in [5, 5.41) is 12.7. The number of anilines is 1. The van der Waals surface area contributed by atoms with Crippen molar-refractivity contribution in [3.05, 3.63) is 63.7 Å². The van der Waals surface area contributed by atoms with Gasteiger partial charge in [0.15, 0.2) is 0 Å². The van der Waals surface area contributed by atoms with E-state index in [9.17, 15) is 23.6 Å². The summed E-state index contributed by atoms with van der Waals surface area (Å²) in [6.45, 7) is 1.94. The summed E-state index contributed by atoms with van der Waals surface area (Å²) in [6.07, 6.45) is 4.87. The van der Waals surface area contributed by atoms with E-state index >= 15 is 0 Å². The second-order valence-electron chi connectivity index (χ2n) is 7.86. The summed E-state index contributed by atoms with van der Waals surface area (Å²) in [7, 11) is 0. The highest BCUT2D eigenvalue weighted by Gasteiger charge is 2.28. The minimum atomic E-state index is -2.50. The fourth-order valence-corrected chi connectivity index (χ4v) is 5.69. The number of furan rings is 1. The lowest BCUT2D eigenvalue weighted by Crippen LogP contribution is -2.16. The van der Waals surface area contributed by atoms with Crippen molar-refractivity contribution >= 4 is 46.1 Å². The Balaban J connectivity index is 1.54. The number of amides is 1. The molecule has 0 saturated heterocycles. The topological polar surface area (TPSA) is 92.3 Å². The molecule has 1 amide bonds. The molecule has 2 aromatic heterocycles. The van der Waals surface area contributed by atoms with Gasteiger partial charge in [0.2, 0.25) is 0 Å². The SMILES string of the molecule is CCOC(=O)c1c(NC(=O)C(C#N)=Cc2ccc(-c3ccc(SC(F)F)cc3)o2)sc2c1CCCC2. The highest BCUT2D eigenvalue weighted by atomic mass is 32.2. The van der Waals surface area contributed by atoms with Gasteiger partial charge in [0.25, 0.3) is 11.7 Å². The lowest BCUT2D eigenvalue weighted by molar-refractivity contribution is -0.112. The molecule has 2 heterocycles. The molecule has 0 fully saturated rings. The molecule has 0 bridgehead atoms. The quantitative estimate of drug-likeness (QED) is 0.148. The van der Waals surface area contributed by atoms with Crippen LogP contribution < -0.4 is 5.32 Å². The maximum Gasteiger partial charge on any atom is 0.341 e. The number of hydrogen-bond donors (Lipinski definition) is 1. The number of esters is 1. The van der Waals surface area contributed by atoms with Crippen molar-refractivity contribution in [1.82, 2.24) is 0 Å². The number of ether oxygens (including phenoxy) is 1. The Morgan fingerprint density at radius 2 is 1.97 bits per heavy atom. The predicted octanol–water partition coefficient (Wildman–Crippen LogP) is 6.92. The highest BCUT2D eigenvalue weighted by molar-refractivity contribution is 7.99. The van der Waals surface area contributed by atoms with Gasteiger partial charge in [0.05, 0.1) is 12.2 Å². The van der Waals surface area contributed by atoms with Gasteiger partial charge in [-0.25, -0.2) is 4.79 Å². The van der Waals surface area contributed by atoms with E-state index in [4.69, 9.17) is 9.15 Å². The van der Waals surface area contributed by atoms with Crippen LogP contribution in [0.2, 0.25) is 0 Å². The van der Waals surface area contributed by atoms with Gasteiger partial charge in [-0.1, -0.05) is 23.9 Å². The maximum atomic E-state index is 12.9. The van der Waals surface area contributed by atoms with E-state index in [-0.39, 0.29) is 17.9 Å². The van der Waals surface area contributed by atoms with E-state index in [1.807, 2.05) is 6.07 Å². The van der Waals surface area contributed by atoms with E-state index in [1.54, 1.807) is 43.3 Å². The number of nitrogens with one attached hydrogen (secondary N) is 1. The number of halogens is 2. The second-order valence-corrected chi connectivity index (χ2v) is 10.0. The molecular weight excluding hydrogens is 506 g/mol. The summed E-state index contributed by atoms with van der Waals surface area (Å²) in [5.41, 5.74) is 1.76. The van der Waals surface area contributed by atoms with Crippen LogP contribution in [0, 0.1) is 11.3 Å². The average molecular weight is 529 g/mol. The Kier molecular flexibility index (Phi) is 8.23. The number of rotatable bonds is 8. The van der Waals surface area contributed by atoms with Gasteiger partial charge in [-0.3, -0.25) is 4.79 Å². The van der Waals surface area contributed by atoms with Crippen LogP contribution in [-0.4, -0.2) is 24.2 Å². The van der Waals surface area contributed by atoms with Crippen LogP contribution in [0.25, 0.3) is 17.4 Å². The zero-order valence-electron chi connectivity index (χ0n) is 19.3. The van der Waals surface area contributed by atoms with Crippen molar-refractivity contribution in [2.24, 2.45) is 0 Å². The van der Waals surface area contributed by atoms with Crippen LogP contribution in [0.3, 0.4) is 0 Å². The molecule has 0 unspecified atom stereocenters. The molecule has 0 saturated carbocycles. The fourth-order valence-electron chi connectivity index (χ4n) is 3.92. The Labute approximate surface area is 214 Å². The van der Waals surface area contributed by atoms with Gasteiger partial charge in [-0.15, -0.1) is 11.3 Å². The Morgan fingerprint density at radius 1 is 1.22 bits per heavy atom. The molecule has 0 spiro atoms. The third kappa shape index (κ3) is 5.86. The lowest BCUT2D eigenvalue weighted by Gasteiger charge is -2.12. The minimum Gasteiger partial charge on any atom is -0.462 e. The number of alkyl halides is 2. The van der Waals surface area contributed by atoms with Gasteiger partial charge in [-0.05, 0) is 62.4 Å². The standard InChI is InChI=1S/C26H22F2N2O4S2/c1-2-33-25(32)22-19-5-3-4-6-21(19)36-24(22)30-23(31)16(14-29)13-17-9-12-20(34-17)15-7-10-18(11-8-15)35-26(27)28/h7-13,26H,2-6H2,1H3,(H,30,31). The van der Waals surface area contributed by atoms with Gasteiger partial charge < -0.3 is 14.5 Å². The molecular formula is C26H22F2N2O4S2. The first-order valence-electron chi connectivity index (χ1n) is 11.3. The highest BCUT2D eigenvalue weighted by Crippen LogP contribution is 2.39. The lowest BCUT2D eigenvalue weighted by atomic mass is 9.95. The predicted molar refractivity (Wildman–Crippen MR) is 135 cm³/mol.